The zero-order chi connectivity index (χ0) is 16.1. The Morgan fingerprint density at radius 3 is 2.91 bits per heavy atom. The predicted molar refractivity (Wildman–Crippen MR) is 80.0 cm³/mol. The number of nitrogens with zero attached hydrogens (tertiary/aromatic N) is 2. The highest BCUT2D eigenvalue weighted by Crippen LogP contribution is 2.18. The highest BCUT2D eigenvalue weighted by Gasteiger charge is 2.22. The average Bonchev–Trinajstić information content (AvgIpc) is 2.83. The summed E-state index contributed by atoms with van der Waals surface area (Å²) in [5.74, 6) is 0.580. The van der Waals surface area contributed by atoms with Crippen LogP contribution in [0.5, 0.6) is 5.75 Å². The largest absolute Gasteiger partial charge is 0.435 e. The molecular weight excluding hydrogens is 290 g/mol. The van der Waals surface area contributed by atoms with Gasteiger partial charge in [0.05, 0.1) is 6.42 Å². The Labute approximate surface area is 129 Å². The van der Waals surface area contributed by atoms with E-state index < -0.39 is 6.61 Å². The maximum Gasteiger partial charge on any atom is 0.387 e. The van der Waals surface area contributed by atoms with Crippen molar-refractivity contribution in [3.05, 3.63) is 29.8 Å². The molecule has 22 heavy (non-hydrogen) atoms. The van der Waals surface area contributed by atoms with Gasteiger partial charge in [0.15, 0.2) is 0 Å². The standard InChI is InChI=1S/C16H22F2N2O2/c1-19-7-6-13(10-19)11-20(2)15(21)9-12-4-3-5-14(8-12)22-16(17)18/h3-5,8,13,16H,6-7,9-11H2,1-2H3/t13-/m1/s1. The summed E-state index contributed by atoms with van der Waals surface area (Å²) in [6.45, 7) is -0.0428. The summed E-state index contributed by atoms with van der Waals surface area (Å²) in [5.41, 5.74) is 0.679. The topological polar surface area (TPSA) is 32.8 Å². The number of halogens is 2. The molecule has 1 saturated heterocycles. The normalized spacial score (nSPS) is 18.7. The average molecular weight is 312 g/mol. The Morgan fingerprint density at radius 2 is 2.27 bits per heavy atom. The minimum absolute atomic E-state index is 0.0104. The number of likely N-dealkylation sites (tertiary alicyclic amines) is 1. The number of amides is 1. The summed E-state index contributed by atoms with van der Waals surface area (Å²) in [6, 6.07) is 6.30. The van der Waals surface area contributed by atoms with E-state index in [-0.39, 0.29) is 18.1 Å². The van der Waals surface area contributed by atoms with Gasteiger partial charge in [-0.3, -0.25) is 4.79 Å². The summed E-state index contributed by atoms with van der Waals surface area (Å²) in [4.78, 5) is 16.2. The molecule has 0 radical (unpaired) electrons. The highest BCUT2D eigenvalue weighted by molar-refractivity contribution is 5.78. The summed E-state index contributed by atoms with van der Waals surface area (Å²) < 4.78 is 28.8. The summed E-state index contributed by atoms with van der Waals surface area (Å²) >= 11 is 0. The molecular formula is C16H22F2N2O2. The molecule has 122 valence electrons. The molecule has 0 bridgehead atoms. The fourth-order valence-electron chi connectivity index (χ4n) is 2.81. The van der Waals surface area contributed by atoms with Gasteiger partial charge in [-0.2, -0.15) is 8.78 Å². The number of likely N-dealkylation sites (N-methyl/N-ethyl adjacent to an activating group) is 1. The van der Waals surface area contributed by atoms with Gasteiger partial charge in [-0.05, 0) is 43.6 Å². The molecule has 0 unspecified atom stereocenters. The van der Waals surface area contributed by atoms with Crippen LogP contribution in [0.15, 0.2) is 24.3 Å². The Morgan fingerprint density at radius 1 is 1.50 bits per heavy atom. The van der Waals surface area contributed by atoms with Crippen molar-refractivity contribution >= 4 is 5.91 Å². The lowest BCUT2D eigenvalue weighted by atomic mass is 10.1. The van der Waals surface area contributed by atoms with Crippen molar-refractivity contribution in [1.29, 1.82) is 0 Å². The molecule has 1 aliphatic heterocycles. The second-order valence-electron chi connectivity index (χ2n) is 5.89. The van der Waals surface area contributed by atoms with Crippen LogP contribution in [0.4, 0.5) is 8.78 Å². The van der Waals surface area contributed by atoms with Crippen molar-refractivity contribution in [2.75, 3.05) is 33.7 Å². The van der Waals surface area contributed by atoms with E-state index in [0.29, 0.717) is 11.5 Å². The molecule has 0 N–H and O–H groups in total. The second kappa shape index (κ2) is 7.54. The first-order chi connectivity index (χ1) is 10.4. The van der Waals surface area contributed by atoms with Crippen molar-refractivity contribution in [3.63, 3.8) is 0 Å². The van der Waals surface area contributed by atoms with Crippen molar-refractivity contribution in [3.8, 4) is 5.75 Å². The summed E-state index contributed by atoms with van der Waals surface area (Å²) in [7, 11) is 3.87. The molecule has 6 heteroatoms. The number of hydrogen-bond donors (Lipinski definition) is 0. The van der Waals surface area contributed by atoms with Gasteiger partial charge >= 0.3 is 6.61 Å². The maximum absolute atomic E-state index is 12.2. The molecule has 1 aliphatic rings. The Hall–Kier alpha value is -1.69. The molecule has 1 aromatic rings. The third-order valence-corrected chi connectivity index (χ3v) is 3.93. The van der Waals surface area contributed by atoms with Gasteiger partial charge in [0.1, 0.15) is 5.75 Å². The monoisotopic (exact) mass is 312 g/mol. The molecule has 4 nitrogen and oxygen atoms in total. The molecule has 1 heterocycles. The molecule has 1 fully saturated rings. The van der Waals surface area contributed by atoms with E-state index in [1.807, 2.05) is 0 Å². The van der Waals surface area contributed by atoms with Gasteiger partial charge in [-0.25, -0.2) is 0 Å². The van der Waals surface area contributed by atoms with E-state index in [0.717, 1.165) is 26.1 Å². The predicted octanol–water partition coefficient (Wildman–Crippen LogP) is 2.24. The summed E-state index contributed by atoms with van der Waals surface area (Å²) in [5, 5.41) is 0. The van der Waals surface area contributed by atoms with Gasteiger partial charge < -0.3 is 14.5 Å². The van der Waals surface area contributed by atoms with Crippen LogP contribution in [0.25, 0.3) is 0 Å². The van der Waals surface area contributed by atoms with E-state index in [2.05, 4.69) is 16.7 Å². The third kappa shape index (κ3) is 4.94. The zero-order valence-corrected chi connectivity index (χ0v) is 13.0. The van der Waals surface area contributed by atoms with E-state index in [4.69, 9.17) is 0 Å². The fraction of sp³-hybridized carbons (Fsp3) is 0.562. The Balaban J connectivity index is 1.88. The van der Waals surface area contributed by atoms with Crippen LogP contribution in [0.3, 0.4) is 0 Å². The molecule has 0 aromatic heterocycles. The minimum Gasteiger partial charge on any atom is -0.435 e. The van der Waals surface area contributed by atoms with Gasteiger partial charge in [0, 0.05) is 20.1 Å². The van der Waals surface area contributed by atoms with Gasteiger partial charge in [0.2, 0.25) is 5.91 Å². The van der Waals surface area contributed by atoms with E-state index in [1.54, 1.807) is 24.1 Å². The zero-order valence-electron chi connectivity index (χ0n) is 13.0. The smallest absolute Gasteiger partial charge is 0.387 e. The van der Waals surface area contributed by atoms with Crippen LogP contribution in [-0.4, -0.2) is 56.0 Å². The number of carbonyl (C=O) groups excluding carboxylic acids is 1. The first kappa shape index (κ1) is 16.7. The van der Waals surface area contributed by atoms with Crippen LogP contribution in [0.2, 0.25) is 0 Å². The number of rotatable bonds is 6. The number of hydrogen-bond acceptors (Lipinski definition) is 3. The van der Waals surface area contributed by atoms with Crippen molar-refractivity contribution < 1.29 is 18.3 Å². The van der Waals surface area contributed by atoms with Crippen LogP contribution in [0.1, 0.15) is 12.0 Å². The van der Waals surface area contributed by atoms with Gasteiger partial charge in [0.25, 0.3) is 0 Å². The Bertz CT molecular complexity index is 511. The Kier molecular flexibility index (Phi) is 5.71. The third-order valence-electron chi connectivity index (χ3n) is 3.93. The molecule has 1 amide bonds. The van der Waals surface area contributed by atoms with Gasteiger partial charge in [-0.15, -0.1) is 0 Å². The van der Waals surface area contributed by atoms with Crippen molar-refractivity contribution in [2.24, 2.45) is 5.92 Å². The molecule has 2 rings (SSSR count). The number of alkyl halides is 2. The molecule has 1 aromatic carbocycles. The quantitative estimate of drug-likeness (QED) is 0.807. The van der Waals surface area contributed by atoms with Crippen LogP contribution < -0.4 is 4.74 Å². The van der Waals surface area contributed by atoms with Crippen LogP contribution >= 0.6 is 0 Å². The maximum atomic E-state index is 12.2. The lowest BCUT2D eigenvalue weighted by Gasteiger charge is -2.21. The van der Waals surface area contributed by atoms with Crippen LogP contribution in [0, 0.1) is 5.92 Å². The second-order valence-corrected chi connectivity index (χ2v) is 5.89. The first-order valence-corrected chi connectivity index (χ1v) is 7.40. The number of ether oxygens (including phenoxy) is 1. The molecule has 1 atom stereocenters. The lowest BCUT2D eigenvalue weighted by molar-refractivity contribution is -0.129. The molecule has 0 aliphatic carbocycles. The van der Waals surface area contributed by atoms with Crippen LogP contribution in [-0.2, 0) is 11.2 Å². The number of carbonyl (C=O) groups is 1. The first-order valence-electron chi connectivity index (χ1n) is 7.40. The fourth-order valence-corrected chi connectivity index (χ4v) is 2.81. The van der Waals surface area contributed by atoms with E-state index in [1.165, 1.54) is 12.1 Å². The minimum atomic E-state index is -2.85. The highest BCUT2D eigenvalue weighted by atomic mass is 19.3. The van der Waals surface area contributed by atoms with E-state index in [9.17, 15) is 13.6 Å². The lowest BCUT2D eigenvalue weighted by Crippen LogP contribution is -2.33. The SMILES string of the molecule is CN1CC[C@@H](CN(C)C(=O)Cc2cccc(OC(F)F)c2)C1. The van der Waals surface area contributed by atoms with Gasteiger partial charge in [-0.1, -0.05) is 12.1 Å². The van der Waals surface area contributed by atoms with Crippen molar-refractivity contribution in [1.82, 2.24) is 9.80 Å². The van der Waals surface area contributed by atoms with Crippen molar-refractivity contribution in [2.45, 2.75) is 19.5 Å². The van der Waals surface area contributed by atoms with E-state index >= 15 is 0 Å². The molecule has 0 saturated carbocycles. The number of benzene rings is 1. The molecule has 0 spiro atoms. The summed E-state index contributed by atoms with van der Waals surface area (Å²) in [6.07, 6.45) is 1.30.